The van der Waals surface area contributed by atoms with Crippen LogP contribution in [0.5, 0.6) is 0 Å². The number of benzene rings is 2. The molecule has 3 rings (SSSR count). The molecule has 180 valence electrons. The average molecular weight is 464 g/mol. The highest BCUT2D eigenvalue weighted by molar-refractivity contribution is 5.94. The second-order valence-electron chi connectivity index (χ2n) is 9.11. The summed E-state index contributed by atoms with van der Waals surface area (Å²) in [5, 5.41) is 11.5. The molecule has 34 heavy (non-hydrogen) atoms. The minimum Gasteiger partial charge on any atom is -0.346 e. The monoisotopic (exact) mass is 463 g/mol. The van der Waals surface area contributed by atoms with Crippen LogP contribution in [0, 0.1) is 18.3 Å². The first kappa shape index (κ1) is 26.8. The smallest absolute Gasteiger partial charge is 0.251 e. The third kappa shape index (κ3) is 7.55. The number of hydrogen-bond donors (Lipinski definition) is 1. The zero-order valence-corrected chi connectivity index (χ0v) is 20.3. The standard InChI is InChI=1S/C20H27FN2O2.C8H7N/c1-4-10-19(21)11-12-20(5-2,14-19)22-18(25)17-8-6-16(7-9-17)13-23(3)15-24;1-7-3-2-4-8(5-7)6-9/h4,6-9,15H,1,5,10-14H2,2-3H3,(H,22,25);2-5H,1H3. The van der Waals surface area contributed by atoms with Crippen molar-refractivity contribution in [2.45, 2.75) is 63.7 Å². The molecule has 0 aliphatic heterocycles. The molecule has 0 bridgehead atoms. The molecule has 0 spiro atoms. The number of nitrogens with one attached hydrogen (secondary N) is 1. The van der Waals surface area contributed by atoms with Crippen LogP contribution in [0.15, 0.2) is 61.2 Å². The first-order valence-electron chi connectivity index (χ1n) is 11.5. The quantitative estimate of drug-likeness (QED) is 0.416. The molecular formula is C28H34FN3O2. The fraction of sp³-hybridized carbons (Fsp3) is 0.393. The number of rotatable bonds is 8. The maximum Gasteiger partial charge on any atom is 0.251 e. The van der Waals surface area contributed by atoms with E-state index in [1.807, 2.05) is 44.2 Å². The van der Waals surface area contributed by atoms with E-state index in [2.05, 4.69) is 18.0 Å². The predicted molar refractivity (Wildman–Crippen MR) is 133 cm³/mol. The van der Waals surface area contributed by atoms with Crippen LogP contribution in [0.3, 0.4) is 0 Å². The third-order valence-corrected chi connectivity index (χ3v) is 6.25. The summed E-state index contributed by atoms with van der Waals surface area (Å²) < 4.78 is 14.8. The molecule has 1 fully saturated rings. The van der Waals surface area contributed by atoms with Gasteiger partial charge in [-0.2, -0.15) is 5.26 Å². The van der Waals surface area contributed by atoms with E-state index in [0.717, 1.165) is 23.1 Å². The summed E-state index contributed by atoms with van der Waals surface area (Å²) >= 11 is 0. The number of carbonyl (C=O) groups is 2. The Kier molecular flexibility index (Phi) is 9.56. The Morgan fingerprint density at radius 2 is 1.97 bits per heavy atom. The topological polar surface area (TPSA) is 73.2 Å². The fourth-order valence-corrected chi connectivity index (χ4v) is 4.29. The Morgan fingerprint density at radius 1 is 1.26 bits per heavy atom. The van der Waals surface area contributed by atoms with Crippen molar-refractivity contribution in [3.63, 3.8) is 0 Å². The Labute approximate surface area is 202 Å². The Balaban J connectivity index is 0.000000379. The van der Waals surface area contributed by atoms with Gasteiger partial charge in [-0.25, -0.2) is 4.39 Å². The number of carbonyl (C=O) groups excluding carboxylic acids is 2. The minimum atomic E-state index is -1.27. The molecule has 1 N–H and O–H groups in total. The van der Waals surface area contributed by atoms with Gasteiger partial charge in [-0.1, -0.05) is 37.3 Å². The molecule has 2 atom stereocenters. The molecule has 6 heteroatoms. The number of hydrogen-bond acceptors (Lipinski definition) is 3. The zero-order chi connectivity index (χ0) is 25.2. The Hall–Kier alpha value is -3.46. The Morgan fingerprint density at radius 3 is 2.50 bits per heavy atom. The van der Waals surface area contributed by atoms with Gasteiger partial charge in [-0.15, -0.1) is 6.58 Å². The summed E-state index contributed by atoms with van der Waals surface area (Å²) in [6.07, 6.45) is 4.82. The molecule has 2 aromatic rings. The van der Waals surface area contributed by atoms with Crippen molar-refractivity contribution in [1.29, 1.82) is 5.26 Å². The first-order chi connectivity index (χ1) is 16.2. The number of nitrogens with zero attached hydrogens (tertiary/aromatic N) is 2. The van der Waals surface area contributed by atoms with Crippen molar-refractivity contribution in [1.82, 2.24) is 10.2 Å². The lowest BCUT2D eigenvalue weighted by Gasteiger charge is -2.30. The fourth-order valence-electron chi connectivity index (χ4n) is 4.29. The van der Waals surface area contributed by atoms with Gasteiger partial charge in [0, 0.05) is 31.1 Å². The van der Waals surface area contributed by atoms with Gasteiger partial charge in [0.25, 0.3) is 5.91 Å². The summed E-state index contributed by atoms with van der Waals surface area (Å²) in [5.41, 5.74) is 1.60. The molecule has 5 nitrogen and oxygen atoms in total. The van der Waals surface area contributed by atoms with Crippen LogP contribution in [0.1, 0.15) is 66.1 Å². The maximum absolute atomic E-state index is 14.8. The van der Waals surface area contributed by atoms with E-state index in [1.54, 1.807) is 31.3 Å². The van der Waals surface area contributed by atoms with Gasteiger partial charge in [0.2, 0.25) is 6.41 Å². The van der Waals surface area contributed by atoms with Crippen LogP contribution in [-0.4, -0.2) is 35.5 Å². The molecular weight excluding hydrogens is 429 g/mol. The predicted octanol–water partition coefficient (Wildman–Crippen LogP) is 5.49. The number of aryl methyl sites for hydroxylation is 1. The van der Waals surface area contributed by atoms with E-state index in [1.165, 1.54) is 4.90 Å². The molecule has 0 heterocycles. The first-order valence-corrected chi connectivity index (χ1v) is 11.5. The number of halogens is 1. The maximum atomic E-state index is 14.8. The van der Waals surface area contributed by atoms with Crippen LogP contribution >= 0.6 is 0 Å². The summed E-state index contributed by atoms with van der Waals surface area (Å²) in [6, 6.07) is 16.7. The van der Waals surface area contributed by atoms with Gasteiger partial charge in [0.15, 0.2) is 0 Å². The van der Waals surface area contributed by atoms with Gasteiger partial charge in [0.1, 0.15) is 5.67 Å². The van der Waals surface area contributed by atoms with E-state index in [0.29, 0.717) is 44.2 Å². The number of allylic oxidation sites excluding steroid dienone is 1. The van der Waals surface area contributed by atoms with Crippen molar-refractivity contribution in [2.75, 3.05) is 7.05 Å². The highest BCUT2D eigenvalue weighted by Gasteiger charge is 2.47. The summed E-state index contributed by atoms with van der Waals surface area (Å²) in [7, 11) is 1.70. The van der Waals surface area contributed by atoms with Crippen LogP contribution < -0.4 is 5.32 Å². The Bertz CT molecular complexity index is 1030. The van der Waals surface area contributed by atoms with Gasteiger partial charge in [-0.05, 0) is 68.0 Å². The van der Waals surface area contributed by atoms with Crippen molar-refractivity contribution >= 4 is 12.3 Å². The van der Waals surface area contributed by atoms with Crippen molar-refractivity contribution in [3.8, 4) is 6.07 Å². The molecule has 0 saturated heterocycles. The number of amides is 2. The lowest BCUT2D eigenvalue weighted by Crippen LogP contribution is -2.47. The van der Waals surface area contributed by atoms with Crippen molar-refractivity contribution in [3.05, 3.63) is 83.4 Å². The lowest BCUT2D eigenvalue weighted by atomic mass is 9.90. The molecule has 2 unspecified atom stereocenters. The van der Waals surface area contributed by atoms with E-state index < -0.39 is 11.2 Å². The van der Waals surface area contributed by atoms with E-state index >= 15 is 0 Å². The summed E-state index contributed by atoms with van der Waals surface area (Å²) in [5.74, 6) is -0.181. The number of alkyl halides is 1. The van der Waals surface area contributed by atoms with Crippen molar-refractivity contribution < 1.29 is 14.0 Å². The highest BCUT2D eigenvalue weighted by Crippen LogP contribution is 2.44. The molecule has 0 radical (unpaired) electrons. The molecule has 1 saturated carbocycles. The van der Waals surface area contributed by atoms with E-state index in [4.69, 9.17) is 5.26 Å². The van der Waals surface area contributed by atoms with Gasteiger partial charge >= 0.3 is 0 Å². The number of nitriles is 1. The minimum absolute atomic E-state index is 0.181. The largest absolute Gasteiger partial charge is 0.346 e. The molecule has 0 aromatic heterocycles. The molecule has 1 aliphatic rings. The van der Waals surface area contributed by atoms with Gasteiger partial charge in [-0.3, -0.25) is 9.59 Å². The molecule has 1 aliphatic carbocycles. The summed E-state index contributed by atoms with van der Waals surface area (Å²) in [4.78, 5) is 24.8. The normalized spacial score (nSPS) is 20.9. The SMILES string of the molecule is C=CCC1(F)CCC(CC)(NC(=O)c2ccc(CN(C)C=O)cc2)C1.Cc1cccc(C#N)c1. The van der Waals surface area contributed by atoms with Crippen LogP contribution in [0.4, 0.5) is 4.39 Å². The van der Waals surface area contributed by atoms with Crippen LogP contribution in [-0.2, 0) is 11.3 Å². The van der Waals surface area contributed by atoms with E-state index in [-0.39, 0.29) is 5.91 Å². The van der Waals surface area contributed by atoms with Gasteiger partial charge in [0.05, 0.1) is 11.6 Å². The lowest BCUT2D eigenvalue weighted by molar-refractivity contribution is -0.117. The highest BCUT2D eigenvalue weighted by atomic mass is 19.1. The van der Waals surface area contributed by atoms with E-state index in [9.17, 15) is 14.0 Å². The van der Waals surface area contributed by atoms with Crippen molar-refractivity contribution in [2.24, 2.45) is 0 Å². The second kappa shape index (κ2) is 12.1. The second-order valence-corrected chi connectivity index (χ2v) is 9.11. The zero-order valence-electron chi connectivity index (χ0n) is 20.3. The van der Waals surface area contributed by atoms with Gasteiger partial charge < -0.3 is 10.2 Å². The molecule has 2 amide bonds. The summed E-state index contributed by atoms with van der Waals surface area (Å²) in [6.45, 7) is 8.09. The molecule has 2 aromatic carbocycles. The van der Waals surface area contributed by atoms with Crippen LogP contribution in [0.2, 0.25) is 0 Å². The average Bonchev–Trinajstić information content (AvgIpc) is 3.16. The third-order valence-electron chi connectivity index (χ3n) is 6.25. The van der Waals surface area contributed by atoms with Crippen LogP contribution in [0.25, 0.3) is 0 Å².